The van der Waals surface area contributed by atoms with Crippen molar-refractivity contribution in [2.75, 3.05) is 0 Å². The Morgan fingerprint density at radius 3 is 2.35 bits per heavy atom. The van der Waals surface area contributed by atoms with Gasteiger partial charge in [0.25, 0.3) is 0 Å². The van der Waals surface area contributed by atoms with Crippen molar-refractivity contribution in [2.24, 2.45) is 0 Å². The quantitative estimate of drug-likeness (QED) is 0.606. The molecule has 2 heteroatoms. The second-order valence-electron chi connectivity index (χ2n) is 3.59. The molecular weight excluding hydrogens is 276 g/mol. The first-order valence-electron chi connectivity index (χ1n) is 5.28. The first-order chi connectivity index (χ1) is 8.31. The highest BCUT2D eigenvalue weighted by Gasteiger charge is 2.01. The monoisotopic (exact) mass is 286 g/mol. The van der Waals surface area contributed by atoms with Gasteiger partial charge in [-0.15, -0.1) is 0 Å². The zero-order valence-electron chi connectivity index (χ0n) is 9.14. The Labute approximate surface area is 109 Å². The lowest BCUT2D eigenvalue weighted by atomic mass is 9.99. The van der Waals surface area contributed by atoms with Gasteiger partial charge in [-0.05, 0) is 34.9 Å². The van der Waals surface area contributed by atoms with Gasteiger partial charge in [0.05, 0.1) is 0 Å². The van der Waals surface area contributed by atoms with Gasteiger partial charge in [0.2, 0.25) is 0 Å². The molecule has 84 valence electrons. The fourth-order valence-corrected chi connectivity index (χ4v) is 1.94. The molecule has 17 heavy (non-hydrogen) atoms. The van der Waals surface area contributed by atoms with E-state index in [1.54, 1.807) is 0 Å². The lowest BCUT2D eigenvalue weighted by molar-refractivity contribution is -0.104. The van der Waals surface area contributed by atoms with Gasteiger partial charge in [0.15, 0.2) is 0 Å². The standard InChI is InChI=1S/C15H11BrO/c16-14-9-7-13(8-10-14)15-6-2-1-4-12(15)5-3-11-17/h1-11H. The summed E-state index contributed by atoms with van der Waals surface area (Å²) in [5.41, 5.74) is 3.30. The zero-order chi connectivity index (χ0) is 12.1. The number of allylic oxidation sites excluding steroid dienone is 1. The van der Waals surface area contributed by atoms with E-state index in [4.69, 9.17) is 0 Å². The molecule has 0 saturated heterocycles. The Hall–Kier alpha value is -1.67. The maximum Gasteiger partial charge on any atom is 0.142 e. The maximum atomic E-state index is 10.4. The van der Waals surface area contributed by atoms with Crippen LogP contribution in [0.4, 0.5) is 0 Å². The molecule has 0 atom stereocenters. The van der Waals surface area contributed by atoms with E-state index < -0.39 is 0 Å². The van der Waals surface area contributed by atoms with Crippen LogP contribution in [0, 0.1) is 0 Å². The molecule has 0 amide bonds. The van der Waals surface area contributed by atoms with Crippen molar-refractivity contribution < 1.29 is 4.79 Å². The van der Waals surface area contributed by atoms with Crippen LogP contribution in [0.25, 0.3) is 17.2 Å². The molecule has 0 heterocycles. The minimum atomic E-state index is 0.790. The molecule has 2 rings (SSSR count). The molecule has 0 aliphatic heterocycles. The molecular formula is C15H11BrO. The average Bonchev–Trinajstić information content (AvgIpc) is 2.38. The Morgan fingerprint density at radius 2 is 1.65 bits per heavy atom. The van der Waals surface area contributed by atoms with Gasteiger partial charge in [-0.25, -0.2) is 0 Å². The fourth-order valence-electron chi connectivity index (χ4n) is 1.68. The first kappa shape index (κ1) is 11.8. The number of aldehydes is 1. The smallest absolute Gasteiger partial charge is 0.142 e. The van der Waals surface area contributed by atoms with Crippen molar-refractivity contribution in [2.45, 2.75) is 0 Å². The average molecular weight is 287 g/mol. The van der Waals surface area contributed by atoms with Crippen LogP contribution in [0.3, 0.4) is 0 Å². The van der Waals surface area contributed by atoms with Crippen LogP contribution in [0.2, 0.25) is 0 Å². The number of carbonyl (C=O) groups excluding carboxylic acids is 1. The van der Waals surface area contributed by atoms with Crippen LogP contribution in [-0.4, -0.2) is 6.29 Å². The third-order valence-corrected chi connectivity index (χ3v) is 3.00. The maximum absolute atomic E-state index is 10.4. The van der Waals surface area contributed by atoms with Gasteiger partial charge in [0.1, 0.15) is 6.29 Å². The summed E-state index contributed by atoms with van der Waals surface area (Å²) in [5.74, 6) is 0. The zero-order valence-corrected chi connectivity index (χ0v) is 10.7. The van der Waals surface area contributed by atoms with Crippen molar-refractivity contribution in [3.8, 4) is 11.1 Å². The molecule has 0 aromatic heterocycles. The van der Waals surface area contributed by atoms with E-state index in [-0.39, 0.29) is 0 Å². The van der Waals surface area contributed by atoms with E-state index >= 15 is 0 Å². The SMILES string of the molecule is O=CC=Cc1ccccc1-c1ccc(Br)cc1. The molecule has 0 saturated carbocycles. The number of carbonyl (C=O) groups is 1. The highest BCUT2D eigenvalue weighted by molar-refractivity contribution is 9.10. The summed E-state index contributed by atoms with van der Waals surface area (Å²) in [4.78, 5) is 10.4. The predicted molar refractivity (Wildman–Crippen MR) is 74.7 cm³/mol. The first-order valence-corrected chi connectivity index (χ1v) is 6.07. The summed E-state index contributed by atoms with van der Waals surface area (Å²) >= 11 is 3.42. The molecule has 0 N–H and O–H groups in total. The number of hydrogen-bond acceptors (Lipinski definition) is 1. The number of halogens is 1. The minimum Gasteiger partial charge on any atom is -0.299 e. The van der Waals surface area contributed by atoms with Gasteiger partial charge < -0.3 is 0 Å². The summed E-state index contributed by atoms with van der Waals surface area (Å²) in [5, 5.41) is 0. The summed E-state index contributed by atoms with van der Waals surface area (Å²) in [7, 11) is 0. The number of benzene rings is 2. The van der Waals surface area contributed by atoms with E-state index in [9.17, 15) is 4.79 Å². The summed E-state index contributed by atoms with van der Waals surface area (Å²) in [6.45, 7) is 0. The summed E-state index contributed by atoms with van der Waals surface area (Å²) in [6.07, 6.45) is 4.13. The van der Waals surface area contributed by atoms with Gasteiger partial charge in [-0.2, -0.15) is 0 Å². The van der Waals surface area contributed by atoms with Crippen LogP contribution in [0.1, 0.15) is 5.56 Å². The molecule has 0 spiro atoms. The molecule has 2 aromatic carbocycles. The highest BCUT2D eigenvalue weighted by Crippen LogP contribution is 2.25. The van der Waals surface area contributed by atoms with Gasteiger partial charge in [0, 0.05) is 4.47 Å². The fraction of sp³-hybridized carbons (Fsp3) is 0. The third-order valence-electron chi connectivity index (χ3n) is 2.47. The van der Waals surface area contributed by atoms with E-state index in [1.165, 1.54) is 6.08 Å². The lowest BCUT2D eigenvalue weighted by Crippen LogP contribution is -1.82. The van der Waals surface area contributed by atoms with Crippen molar-refractivity contribution in [1.29, 1.82) is 0 Å². The lowest BCUT2D eigenvalue weighted by Gasteiger charge is -2.06. The summed E-state index contributed by atoms with van der Waals surface area (Å²) < 4.78 is 1.06. The minimum absolute atomic E-state index is 0.790. The summed E-state index contributed by atoms with van der Waals surface area (Å²) in [6, 6.07) is 16.1. The van der Waals surface area contributed by atoms with Gasteiger partial charge in [-0.1, -0.05) is 58.4 Å². The van der Waals surface area contributed by atoms with Crippen LogP contribution >= 0.6 is 15.9 Å². The Balaban J connectivity index is 2.47. The molecule has 0 aliphatic carbocycles. The van der Waals surface area contributed by atoms with E-state index in [0.717, 1.165) is 27.4 Å². The third kappa shape index (κ3) is 2.92. The second-order valence-corrected chi connectivity index (χ2v) is 4.51. The predicted octanol–water partition coefficient (Wildman–Crippen LogP) is 4.33. The molecule has 0 fully saturated rings. The molecule has 0 unspecified atom stereocenters. The normalized spacial score (nSPS) is 10.6. The van der Waals surface area contributed by atoms with Crippen molar-refractivity contribution >= 4 is 28.3 Å². The van der Waals surface area contributed by atoms with Crippen LogP contribution < -0.4 is 0 Å². The Kier molecular flexibility index (Phi) is 3.89. The van der Waals surface area contributed by atoms with Crippen LogP contribution in [0.5, 0.6) is 0 Å². The Morgan fingerprint density at radius 1 is 0.941 bits per heavy atom. The molecule has 0 aliphatic rings. The topological polar surface area (TPSA) is 17.1 Å². The number of hydrogen-bond donors (Lipinski definition) is 0. The van der Waals surface area contributed by atoms with E-state index in [1.807, 2.05) is 42.5 Å². The molecule has 0 bridgehead atoms. The number of rotatable bonds is 3. The second kappa shape index (κ2) is 5.60. The highest BCUT2D eigenvalue weighted by atomic mass is 79.9. The van der Waals surface area contributed by atoms with Crippen molar-refractivity contribution in [3.05, 3.63) is 64.6 Å². The van der Waals surface area contributed by atoms with Crippen LogP contribution in [-0.2, 0) is 4.79 Å². The van der Waals surface area contributed by atoms with Crippen molar-refractivity contribution in [1.82, 2.24) is 0 Å². The largest absolute Gasteiger partial charge is 0.299 e. The molecule has 0 radical (unpaired) electrons. The van der Waals surface area contributed by atoms with Gasteiger partial charge >= 0.3 is 0 Å². The Bertz CT molecular complexity index is 541. The van der Waals surface area contributed by atoms with E-state index in [2.05, 4.69) is 28.1 Å². The molecule has 1 nitrogen and oxygen atoms in total. The molecule has 2 aromatic rings. The van der Waals surface area contributed by atoms with Crippen LogP contribution in [0.15, 0.2) is 59.1 Å². The van der Waals surface area contributed by atoms with E-state index in [0.29, 0.717) is 0 Å². The van der Waals surface area contributed by atoms with Crippen molar-refractivity contribution in [3.63, 3.8) is 0 Å². The van der Waals surface area contributed by atoms with Gasteiger partial charge in [-0.3, -0.25) is 4.79 Å².